The first-order valence-corrected chi connectivity index (χ1v) is 8.01. The molecule has 2 N–H and O–H groups in total. The van der Waals surface area contributed by atoms with Crippen molar-refractivity contribution in [1.29, 1.82) is 0 Å². The molecule has 1 heterocycles. The first-order valence-electron chi connectivity index (χ1n) is 8.01. The predicted octanol–water partition coefficient (Wildman–Crippen LogP) is 3.45. The molecule has 2 aliphatic rings. The zero-order valence-electron chi connectivity index (χ0n) is 12.8. The summed E-state index contributed by atoms with van der Waals surface area (Å²) in [5, 5.41) is 6.83. The Morgan fingerprint density at radius 2 is 2.20 bits per heavy atom. The third kappa shape index (κ3) is 2.60. The monoisotopic (exact) mass is 274 g/mol. The van der Waals surface area contributed by atoms with Gasteiger partial charge in [-0.3, -0.25) is 0 Å². The van der Waals surface area contributed by atoms with E-state index in [-0.39, 0.29) is 0 Å². The van der Waals surface area contributed by atoms with E-state index >= 15 is 0 Å². The molecule has 0 aliphatic heterocycles. The van der Waals surface area contributed by atoms with Gasteiger partial charge in [0.1, 0.15) is 5.82 Å². The molecule has 2 aliphatic carbocycles. The average molecular weight is 274 g/mol. The van der Waals surface area contributed by atoms with E-state index in [0.717, 1.165) is 41.6 Å². The molecule has 0 radical (unpaired) electrons. The molecule has 4 heteroatoms. The lowest BCUT2D eigenvalue weighted by Gasteiger charge is -2.29. The van der Waals surface area contributed by atoms with Crippen LogP contribution in [0.1, 0.15) is 45.1 Å². The van der Waals surface area contributed by atoms with E-state index in [1.165, 1.54) is 25.7 Å². The van der Waals surface area contributed by atoms with Crippen LogP contribution < -0.4 is 10.6 Å². The Kier molecular flexibility index (Phi) is 3.81. The second-order valence-electron chi connectivity index (χ2n) is 6.53. The Morgan fingerprint density at radius 1 is 1.35 bits per heavy atom. The van der Waals surface area contributed by atoms with Gasteiger partial charge in [-0.2, -0.15) is 4.98 Å². The second kappa shape index (κ2) is 5.58. The molecule has 2 fully saturated rings. The van der Waals surface area contributed by atoms with Crippen LogP contribution in [0.2, 0.25) is 0 Å². The molecule has 4 unspecified atom stereocenters. The molecule has 0 saturated heterocycles. The Bertz CT molecular complexity index is 474. The van der Waals surface area contributed by atoms with Gasteiger partial charge in [-0.05, 0) is 57.8 Å². The summed E-state index contributed by atoms with van der Waals surface area (Å²) in [5.41, 5.74) is 1.13. The molecule has 0 aromatic carbocycles. The van der Waals surface area contributed by atoms with Gasteiger partial charge in [-0.15, -0.1) is 0 Å². The van der Waals surface area contributed by atoms with E-state index in [2.05, 4.69) is 41.4 Å². The van der Waals surface area contributed by atoms with Crippen molar-refractivity contribution in [2.75, 3.05) is 17.2 Å². The molecule has 110 valence electrons. The molecule has 2 saturated carbocycles. The maximum Gasteiger partial charge on any atom is 0.224 e. The van der Waals surface area contributed by atoms with Gasteiger partial charge in [0.2, 0.25) is 5.95 Å². The zero-order chi connectivity index (χ0) is 14.1. The van der Waals surface area contributed by atoms with Crippen molar-refractivity contribution >= 4 is 11.8 Å². The van der Waals surface area contributed by atoms with Crippen molar-refractivity contribution in [2.45, 2.75) is 52.5 Å². The first-order chi connectivity index (χ1) is 9.67. The van der Waals surface area contributed by atoms with Crippen LogP contribution in [0, 0.1) is 24.7 Å². The molecular formula is C16H26N4. The lowest BCUT2D eigenvalue weighted by atomic mass is 9.84. The van der Waals surface area contributed by atoms with Crippen molar-refractivity contribution in [1.82, 2.24) is 9.97 Å². The highest BCUT2D eigenvalue weighted by Crippen LogP contribution is 2.49. The Morgan fingerprint density at radius 3 is 2.85 bits per heavy atom. The largest absolute Gasteiger partial charge is 0.367 e. The lowest BCUT2D eigenvalue weighted by Crippen LogP contribution is -2.30. The number of aryl methyl sites for hydroxylation is 1. The number of hydrogen-bond acceptors (Lipinski definition) is 4. The number of rotatable bonds is 5. The zero-order valence-corrected chi connectivity index (χ0v) is 12.8. The number of fused-ring (bicyclic) bond motifs is 2. The van der Waals surface area contributed by atoms with Crippen LogP contribution in [0.15, 0.2) is 6.20 Å². The highest BCUT2D eigenvalue weighted by Gasteiger charge is 2.41. The molecule has 4 nitrogen and oxygen atoms in total. The van der Waals surface area contributed by atoms with Gasteiger partial charge >= 0.3 is 0 Å². The van der Waals surface area contributed by atoms with Crippen LogP contribution in [0.5, 0.6) is 0 Å². The second-order valence-corrected chi connectivity index (χ2v) is 6.53. The van der Waals surface area contributed by atoms with Crippen LogP contribution in [0.3, 0.4) is 0 Å². The number of nitrogens with one attached hydrogen (secondary N) is 2. The third-order valence-corrected chi connectivity index (χ3v) is 5.11. The molecule has 0 amide bonds. The lowest BCUT2D eigenvalue weighted by molar-refractivity contribution is 0.304. The van der Waals surface area contributed by atoms with Gasteiger partial charge in [0.15, 0.2) is 0 Å². The summed E-state index contributed by atoms with van der Waals surface area (Å²) >= 11 is 0. The van der Waals surface area contributed by atoms with E-state index in [9.17, 15) is 0 Å². The van der Waals surface area contributed by atoms with E-state index in [1.807, 2.05) is 6.20 Å². The van der Waals surface area contributed by atoms with Crippen molar-refractivity contribution in [3.8, 4) is 0 Å². The van der Waals surface area contributed by atoms with Crippen molar-refractivity contribution in [3.05, 3.63) is 11.8 Å². The molecule has 3 rings (SSSR count). The molecule has 1 aromatic rings. The summed E-state index contributed by atoms with van der Waals surface area (Å²) in [4.78, 5) is 8.91. The summed E-state index contributed by atoms with van der Waals surface area (Å²) in [6.45, 7) is 7.31. The van der Waals surface area contributed by atoms with Crippen LogP contribution in [-0.4, -0.2) is 22.6 Å². The minimum Gasteiger partial charge on any atom is -0.367 e. The highest BCUT2D eigenvalue weighted by molar-refractivity contribution is 5.47. The standard InChI is InChI=1S/C16H26N4/c1-4-17-16-18-9-10(2)15(20-16)19-11(3)14-8-12-5-6-13(14)7-12/h9,11-14H,4-8H2,1-3H3,(H2,17,18,19,20). The summed E-state index contributed by atoms with van der Waals surface area (Å²) in [7, 11) is 0. The average Bonchev–Trinajstić information content (AvgIpc) is 3.05. The maximum absolute atomic E-state index is 4.60. The molecule has 2 bridgehead atoms. The van der Waals surface area contributed by atoms with E-state index in [1.54, 1.807) is 0 Å². The van der Waals surface area contributed by atoms with Crippen molar-refractivity contribution in [2.24, 2.45) is 17.8 Å². The Labute approximate surface area is 121 Å². The number of anilines is 2. The predicted molar refractivity (Wildman–Crippen MR) is 83.0 cm³/mol. The minimum atomic E-state index is 0.508. The molecule has 1 aromatic heterocycles. The number of hydrogen-bond donors (Lipinski definition) is 2. The van der Waals surface area contributed by atoms with E-state index in [0.29, 0.717) is 6.04 Å². The van der Waals surface area contributed by atoms with Gasteiger partial charge in [0.25, 0.3) is 0 Å². The topological polar surface area (TPSA) is 49.8 Å². The van der Waals surface area contributed by atoms with Crippen molar-refractivity contribution < 1.29 is 0 Å². The fraction of sp³-hybridized carbons (Fsp3) is 0.750. The summed E-state index contributed by atoms with van der Waals surface area (Å²) in [5.74, 6) is 4.48. The molecule has 4 atom stereocenters. The van der Waals surface area contributed by atoms with E-state index in [4.69, 9.17) is 0 Å². The smallest absolute Gasteiger partial charge is 0.224 e. The van der Waals surface area contributed by atoms with Crippen molar-refractivity contribution in [3.63, 3.8) is 0 Å². The summed E-state index contributed by atoms with van der Waals surface area (Å²) < 4.78 is 0. The van der Waals surface area contributed by atoms with Gasteiger partial charge in [-0.1, -0.05) is 6.42 Å². The molecule has 20 heavy (non-hydrogen) atoms. The van der Waals surface area contributed by atoms with Crippen LogP contribution in [0.25, 0.3) is 0 Å². The Hall–Kier alpha value is -1.32. The fourth-order valence-corrected chi connectivity index (χ4v) is 4.06. The quantitative estimate of drug-likeness (QED) is 0.863. The van der Waals surface area contributed by atoms with Crippen LogP contribution in [-0.2, 0) is 0 Å². The van der Waals surface area contributed by atoms with Gasteiger partial charge < -0.3 is 10.6 Å². The van der Waals surface area contributed by atoms with Crippen LogP contribution >= 0.6 is 0 Å². The summed E-state index contributed by atoms with van der Waals surface area (Å²) in [6, 6.07) is 0.508. The molecule has 0 spiro atoms. The summed E-state index contributed by atoms with van der Waals surface area (Å²) in [6.07, 6.45) is 7.67. The van der Waals surface area contributed by atoms with Gasteiger partial charge in [0.05, 0.1) is 0 Å². The van der Waals surface area contributed by atoms with E-state index < -0.39 is 0 Å². The van der Waals surface area contributed by atoms with Crippen LogP contribution in [0.4, 0.5) is 11.8 Å². The van der Waals surface area contributed by atoms with Gasteiger partial charge in [-0.25, -0.2) is 4.98 Å². The molecular weight excluding hydrogens is 248 g/mol. The maximum atomic E-state index is 4.60. The first kappa shape index (κ1) is 13.7. The normalized spacial score (nSPS) is 29.4. The highest BCUT2D eigenvalue weighted by atomic mass is 15.1. The minimum absolute atomic E-state index is 0.508. The Balaban J connectivity index is 1.69. The third-order valence-electron chi connectivity index (χ3n) is 5.11. The van der Waals surface area contributed by atoms with Gasteiger partial charge in [0, 0.05) is 24.3 Å². The SMILES string of the molecule is CCNc1ncc(C)c(NC(C)C2CC3CCC2C3)n1. The fourth-order valence-electron chi connectivity index (χ4n) is 4.06. The number of nitrogens with zero attached hydrogens (tertiary/aromatic N) is 2. The number of aromatic nitrogens is 2.